The molecule has 3 N–H and O–H groups in total. The van der Waals surface area contributed by atoms with Crippen LogP contribution in [0.1, 0.15) is 12.0 Å². The van der Waals surface area contributed by atoms with Crippen molar-refractivity contribution in [3.63, 3.8) is 0 Å². The average molecular weight is 293 g/mol. The molecule has 1 aromatic rings. The number of imide groups is 1. The van der Waals surface area contributed by atoms with E-state index in [4.69, 9.17) is 5.11 Å². The van der Waals surface area contributed by atoms with Gasteiger partial charge in [-0.1, -0.05) is 30.3 Å². The van der Waals surface area contributed by atoms with Crippen LogP contribution in [0.15, 0.2) is 30.3 Å². The topological polar surface area (TPSA) is 98.7 Å². The van der Waals surface area contributed by atoms with E-state index in [-0.39, 0.29) is 19.5 Å². The van der Waals surface area contributed by atoms with Crippen LogP contribution in [0.4, 0.5) is 4.79 Å². The number of carboxylic acid groups (broad SMARTS) is 1. The lowest BCUT2D eigenvalue weighted by atomic mass is 10.2. The number of amides is 3. The van der Waals surface area contributed by atoms with Crippen molar-refractivity contribution in [2.75, 3.05) is 20.1 Å². The van der Waals surface area contributed by atoms with Gasteiger partial charge in [0.1, 0.15) is 0 Å². The van der Waals surface area contributed by atoms with Gasteiger partial charge in [-0.05, 0) is 12.6 Å². The maximum Gasteiger partial charge on any atom is 0.321 e. The summed E-state index contributed by atoms with van der Waals surface area (Å²) >= 11 is 0. The van der Waals surface area contributed by atoms with Crippen LogP contribution >= 0.6 is 0 Å². The molecule has 0 bridgehead atoms. The van der Waals surface area contributed by atoms with Crippen molar-refractivity contribution in [2.24, 2.45) is 0 Å². The lowest BCUT2D eigenvalue weighted by Crippen LogP contribution is -2.43. The van der Waals surface area contributed by atoms with E-state index in [0.717, 1.165) is 5.56 Å². The van der Waals surface area contributed by atoms with Gasteiger partial charge in [-0.15, -0.1) is 0 Å². The Kier molecular flexibility index (Phi) is 6.90. The second-order valence-electron chi connectivity index (χ2n) is 4.60. The first-order chi connectivity index (χ1) is 9.97. The third-order valence-electron chi connectivity index (χ3n) is 2.67. The fourth-order valence-corrected chi connectivity index (χ4v) is 1.60. The summed E-state index contributed by atoms with van der Waals surface area (Å²) in [5.41, 5.74) is 0.929. The normalized spacial score (nSPS) is 10.2. The first-order valence-electron chi connectivity index (χ1n) is 6.49. The average Bonchev–Trinajstić information content (AvgIpc) is 2.44. The molecule has 114 valence electrons. The summed E-state index contributed by atoms with van der Waals surface area (Å²) < 4.78 is 0. The van der Waals surface area contributed by atoms with Gasteiger partial charge < -0.3 is 10.4 Å². The predicted molar refractivity (Wildman–Crippen MR) is 76.6 cm³/mol. The Bertz CT molecular complexity index is 490. The van der Waals surface area contributed by atoms with E-state index in [1.165, 1.54) is 4.90 Å². The van der Waals surface area contributed by atoms with Crippen molar-refractivity contribution in [3.8, 4) is 0 Å². The van der Waals surface area contributed by atoms with Gasteiger partial charge in [-0.25, -0.2) is 4.79 Å². The number of aliphatic carboxylic acids is 1. The fraction of sp³-hybridized carbons (Fsp3) is 0.357. The van der Waals surface area contributed by atoms with E-state index < -0.39 is 17.9 Å². The van der Waals surface area contributed by atoms with Crippen molar-refractivity contribution >= 4 is 17.9 Å². The molecule has 0 heterocycles. The maximum absolute atomic E-state index is 11.6. The van der Waals surface area contributed by atoms with Crippen LogP contribution in [0, 0.1) is 0 Å². The van der Waals surface area contributed by atoms with Crippen molar-refractivity contribution in [1.82, 2.24) is 15.5 Å². The number of carbonyl (C=O) groups excluding carboxylic acids is 2. The van der Waals surface area contributed by atoms with E-state index in [1.54, 1.807) is 7.05 Å². The summed E-state index contributed by atoms with van der Waals surface area (Å²) in [7, 11) is 1.62. The van der Waals surface area contributed by atoms with E-state index in [9.17, 15) is 14.4 Å². The van der Waals surface area contributed by atoms with Crippen molar-refractivity contribution in [1.29, 1.82) is 0 Å². The number of benzene rings is 1. The molecule has 0 saturated heterocycles. The van der Waals surface area contributed by atoms with Gasteiger partial charge in [0.2, 0.25) is 5.91 Å². The van der Waals surface area contributed by atoms with Crippen LogP contribution in [-0.4, -0.2) is 48.1 Å². The van der Waals surface area contributed by atoms with Crippen LogP contribution in [0.25, 0.3) is 0 Å². The lowest BCUT2D eigenvalue weighted by Gasteiger charge is -2.14. The number of nitrogens with one attached hydrogen (secondary N) is 2. The van der Waals surface area contributed by atoms with Crippen LogP contribution in [-0.2, 0) is 16.1 Å². The number of likely N-dealkylation sites (N-methyl/N-ethyl adjacent to an activating group) is 1. The van der Waals surface area contributed by atoms with Gasteiger partial charge in [-0.3, -0.25) is 19.8 Å². The highest BCUT2D eigenvalue weighted by Crippen LogP contribution is 1.96. The van der Waals surface area contributed by atoms with Gasteiger partial charge in [-0.2, -0.15) is 0 Å². The van der Waals surface area contributed by atoms with E-state index in [2.05, 4.69) is 10.6 Å². The highest BCUT2D eigenvalue weighted by atomic mass is 16.4. The molecule has 0 aromatic heterocycles. The highest BCUT2D eigenvalue weighted by Gasteiger charge is 2.11. The standard InChI is InChI=1S/C14H19N3O4/c1-17(8-7-13(19)20)10-12(18)16-14(21)15-9-11-5-3-2-4-6-11/h2-6H,7-10H2,1H3,(H,19,20)(H2,15,16,18,21). The smallest absolute Gasteiger partial charge is 0.321 e. The minimum Gasteiger partial charge on any atom is -0.481 e. The second-order valence-corrected chi connectivity index (χ2v) is 4.60. The van der Waals surface area contributed by atoms with Gasteiger partial charge in [0.15, 0.2) is 0 Å². The minimum absolute atomic E-state index is 0.0357. The van der Waals surface area contributed by atoms with Gasteiger partial charge in [0.05, 0.1) is 13.0 Å². The quantitative estimate of drug-likeness (QED) is 0.676. The first kappa shape index (κ1) is 16.6. The summed E-state index contributed by atoms with van der Waals surface area (Å²) in [6.07, 6.45) is -0.0516. The zero-order chi connectivity index (χ0) is 15.7. The molecule has 21 heavy (non-hydrogen) atoms. The molecular formula is C14H19N3O4. The number of urea groups is 1. The molecule has 0 aliphatic rings. The fourth-order valence-electron chi connectivity index (χ4n) is 1.60. The zero-order valence-corrected chi connectivity index (χ0v) is 11.8. The monoisotopic (exact) mass is 293 g/mol. The van der Waals surface area contributed by atoms with Gasteiger partial charge >= 0.3 is 12.0 Å². The number of carbonyl (C=O) groups is 3. The molecule has 0 unspecified atom stereocenters. The Morgan fingerprint density at radius 2 is 1.86 bits per heavy atom. The Balaban J connectivity index is 2.24. The van der Waals surface area contributed by atoms with E-state index in [0.29, 0.717) is 6.54 Å². The predicted octanol–water partition coefficient (Wildman–Crippen LogP) is 0.419. The summed E-state index contributed by atoms with van der Waals surface area (Å²) in [5, 5.41) is 13.3. The molecule has 0 spiro atoms. The molecule has 7 heteroatoms. The van der Waals surface area contributed by atoms with Crippen LogP contribution in [0.2, 0.25) is 0 Å². The number of hydrogen-bond acceptors (Lipinski definition) is 4. The molecule has 0 fully saturated rings. The van der Waals surface area contributed by atoms with Gasteiger partial charge in [0, 0.05) is 13.1 Å². The van der Waals surface area contributed by atoms with E-state index >= 15 is 0 Å². The van der Waals surface area contributed by atoms with Crippen molar-refractivity contribution < 1.29 is 19.5 Å². The summed E-state index contributed by atoms with van der Waals surface area (Å²) in [5.74, 6) is -1.41. The third-order valence-corrected chi connectivity index (χ3v) is 2.67. The molecule has 0 aliphatic carbocycles. The molecule has 0 radical (unpaired) electrons. The Morgan fingerprint density at radius 1 is 1.19 bits per heavy atom. The van der Waals surface area contributed by atoms with Crippen molar-refractivity contribution in [3.05, 3.63) is 35.9 Å². The van der Waals surface area contributed by atoms with Gasteiger partial charge in [0.25, 0.3) is 0 Å². The molecule has 1 rings (SSSR count). The highest BCUT2D eigenvalue weighted by molar-refractivity contribution is 5.95. The van der Waals surface area contributed by atoms with Crippen LogP contribution < -0.4 is 10.6 Å². The molecule has 3 amide bonds. The van der Waals surface area contributed by atoms with Crippen molar-refractivity contribution in [2.45, 2.75) is 13.0 Å². The molecule has 1 aromatic carbocycles. The van der Waals surface area contributed by atoms with Crippen LogP contribution in [0.5, 0.6) is 0 Å². The first-order valence-corrected chi connectivity index (χ1v) is 6.49. The summed E-state index contributed by atoms with van der Waals surface area (Å²) in [4.78, 5) is 35.0. The SMILES string of the molecule is CN(CCC(=O)O)CC(=O)NC(=O)NCc1ccccc1. The minimum atomic E-state index is -0.928. The Morgan fingerprint density at radius 3 is 2.48 bits per heavy atom. The maximum atomic E-state index is 11.6. The Labute approximate surface area is 122 Å². The van der Waals surface area contributed by atoms with Crippen LogP contribution in [0.3, 0.4) is 0 Å². The molecule has 0 aliphatic heterocycles. The largest absolute Gasteiger partial charge is 0.481 e. The Hall–Kier alpha value is -2.41. The number of rotatable bonds is 7. The number of hydrogen-bond donors (Lipinski definition) is 3. The number of nitrogens with zero attached hydrogens (tertiary/aromatic N) is 1. The molecule has 7 nitrogen and oxygen atoms in total. The number of carboxylic acids is 1. The lowest BCUT2D eigenvalue weighted by molar-refractivity contribution is -0.137. The third kappa shape index (κ3) is 7.68. The second kappa shape index (κ2) is 8.70. The molecule has 0 atom stereocenters. The van der Waals surface area contributed by atoms with E-state index in [1.807, 2.05) is 30.3 Å². The molecule has 0 saturated carbocycles. The molecular weight excluding hydrogens is 274 g/mol. The summed E-state index contributed by atoms with van der Waals surface area (Å²) in [6, 6.07) is 8.74. The zero-order valence-electron chi connectivity index (χ0n) is 11.8. The summed E-state index contributed by atoms with van der Waals surface area (Å²) in [6.45, 7) is 0.537.